The second kappa shape index (κ2) is 6.19. The summed E-state index contributed by atoms with van der Waals surface area (Å²) in [6, 6.07) is 0.480. The molecule has 2 unspecified atom stereocenters. The molecule has 0 amide bonds. The first-order chi connectivity index (χ1) is 9.19. The summed E-state index contributed by atoms with van der Waals surface area (Å²) in [6.45, 7) is 5.35. The van der Waals surface area contributed by atoms with Gasteiger partial charge in [0, 0.05) is 13.1 Å². The monoisotopic (exact) mass is 264 g/mol. The van der Waals surface area contributed by atoms with Gasteiger partial charge in [-0.3, -0.25) is 0 Å². The molecule has 0 aliphatic heterocycles. The minimum Gasteiger partial charge on any atom is -0.478 e. The van der Waals surface area contributed by atoms with Crippen molar-refractivity contribution in [1.82, 2.24) is 9.97 Å². The average Bonchev–Trinajstić information content (AvgIpc) is 2.89. The van der Waals surface area contributed by atoms with E-state index in [1.165, 1.54) is 19.3 Å². The van der Waals surface area contributed by atoms with Crippen molar-refractivity contribution in [2.45, 2.75) is 39.2 Å². The quantitative estimate of drug-likeness (QED) is 0.877. The average molecular weight is 264 g/mol. The number of nitrogens with two attached hydrogens (primary N) is 1. The van der Waals surface area contributed by atoms with E-state index in [-0.39, 0.29) is 0 Å². The van der Waals surface area contributed by atoms with Crippen molar-refractivity contribution in [3.05, 3.63) is 11.9 Å². The smallest absolute Gasteiger partial charge is 0.221 e. The van der Waals surface area contributed by atoms with Gasteiger partial charge in [0.1, 0.15) is 12.1 Å². The summed E-state index contributed by atoms with van der Waals surface area (Å²) in [5.41, 5.74) is 6.88. The van der Waals surface area contributed by atoms with Gasteiger partial charge in [-0.1, -0.05) is 6.42 Å². The first-order valence-corrected chi connectivity index (χ1v) is 7.06. The lowest BCUT2D eigenvalue weighted by Gasteiger charge is -2.31. The molecule has 2 N–H and O–H groups in total. The molecule has 1 aliphatic carbocycles. The Bertz CT molecular complexity index is 424. The number of rotatable bonds is 5. The van der Waals surface area contributed by atoms with Crippen LogP contribution < -0.4 is 15.4 Å². The van der Waals surface area contributed by atoms with Crippen molar-refractivity contribution in [2.75, 3.05) is 25.1 Å². The molecule has 2 rings (SSSR count). The molecule has 1 aromatic rings. The Morgan fingerprint density at radius 3 is 2.89 bits per heavy atom. The summed E-state index contributed by atoms with van der Waals surface area (Å²) in [4.78, 5) is 10.9. The van der Waals surface area contributed by atoms with E-state index < -0.39 is 0 Å². The maximum atomic E-state index is 5.87. The summed E-state index contributed by atoms with van der Waals surface area (Å²) in [6.07, 6.45) is 5.23. The van der Waals surface area contributed by atoms with Gasteiger partial charge in [0.25, 0.3) is 0 Å². The number of ether oxygens (including phenoxy) is 1. The van der Waals surface area contributed by atoms with Gasteiger partial charge in [-0.2, -0.15) is 0 Å². The second-order valence-electron chi connectivity index (χ2n) is 5.17. The van der Waals surface area contributed by atoms with Crippen molar-refractivity contribution in [3.63, 3.8) is 0 Å². The molecule has 0 saturated heterocycles. The zero-order valence-corrected chi connectivity index (χ0v) is 12.1. The molecular formula is C14H24N4O. The highest BCUT2D eigenvalue weighted by Crippen LogP contribution is 2.33. The number of anilines is 1. The highest BCUT2D eigenvalue weighted by molar-refractivity contribution is 5.50. The van der Waals surface area contributed by atoms with E-state index in [9.17, 15) is 0 Å². The lowest BCUT2D eigenvalue weighted by Crippen LogP contribution is -2.38. The van der Waals surface area contributed by atoms with Crippen molar-refractivity contribution in [2.24, 2.45) is 11.7 Å². The lowest BCUT2D eigenvalue weighted by atomic mass is 10.0. The first kappa shape index (κ1) is 14.1. The molecule has 19 heavy (non-hydrogen) atoms. The minimum atomic E-state index is 0.480. The third-order valence-electron chi connectivity index (χ3n) is 4.05. The number of aromatic nitrogens is 2. The van der Waals surface area contributed by atoms with Crippen LogP contribution in [0.1, 0.15) is 31.7 Å². The fourth-order valence-corrected chi connectivity index (χ4v) is 3.02. The van der Waals surface area contributed by atoms with Gasteiger partial charge in [-0.15, -0.1) is 0 Å². The van der Waals surface area contributed by atoms with Gasteiger partial charge in [0.15, 0.2) is 0 Å². The molecule has 1 saturated carbocycles. The van der Waals surface area contributed by atoms with Crippen LogP contribution in [0, 0.1) is 12.8 Å². The summed E-state index contributed by atoms with van der Waals surface area (Å²) < 4.78 is 5.54. The zero-order chi connectivity index (χ0) is 13.8. The van der Waals surface area contributed by atoms with Crippen LogP contribution in [0.25, 0.3) is 0 Å². The lowest BCUT2D eigenvalue weighted by molar-refractivity contribution is 0.323. The largest absolute Gasteiger partial charge is 0.478 e. The van der Waals surface area contributed by atoms with Crippen LogP contribution in [-0.2, 0) is 0 Å². The van der Waals surface area contributed by atoms with E-state index in [2.05, 4.69) is 21.9 Å². The Hall–Kier alpha value is -1.36. The van der Waals surface area contributed by atoms with Crippen LogP contribution in [0.5, 0.6) is 5.88 Å². The highest BCUT2D eigenvalue weighted by Gasteiger charge is 2.31. The van der Waals surface area contributed by atoms with Crippen LogP contribution in [-0.4, -0.2) is 36.2 Å². The van der Waals surface area contributed by atoms with Crippen LogP contribution in [0.2, 0.25) is 0 Å². The molecular weight excluding hydrogens is 240 g/mol. The number of hydrogen-bond donors (Lipinski definition) is 1. The summed E-state index contributed by atoms with van der Waals surface area (Å²) in [5.74, 6) is 2.21. The maximum absolute atomic E-state index is 5.87. The fourth-order valence-electron chi connectivity index (χ4n) is 3.02. The van der Waals surface area contributed by atoms with E-state index in [1.807, 2.05) is 13.8 Å². The Labute approximate surface area is 115 Å². The Morgan fingerprint density at radius 2 is 2.21 bits per heavy atom. The predicted octanol–water partition coefficient (Wildman–Crippen LogP) is 1.75. The normalized spacial score (nSPS) is 22.5. The standard InChI is InChI=1S/C14H24N4O/c1-4-19-14-10(2)13(16-9-17-14)18(3)12-7-5-6-11(12)8-15/h9,11-12H,4-8,15H2,1-3H3. The van der Waals surface area contributed by atoms with Gasteiger partial charge >= 0.3 is 0 Å². The molecule has 106 valence electrons. The molecule has 1 aliphatic rings. The predicted molar refractivity (Wildman–Crippen MR) is 76.5 cm³/mol. The van der Waals surface area contributed by atoms with Gasteiger partial charge in [-0.25, -0.2) is 9.97 Å². The SMILES string of the molecule is CCOc1ncnc(N(C)C2CCCC2CN)c1C. The summed E-state index contributed by atoms with van der Waals surface area (Å²) in [5, 5.41) is 0. The van der Waals surface area contributed by atoms with Gasteiger partial charge in [-0.05, 0) is 39.2 Å². The molecule has 0 bridgehead atoms. The molecule has 1 aromatic heterocycles. The van der Waals surface area contributed by atoms with Crippen molar-refractivity contribution in [3.8, 4) is 5.88 Å². The van der Waals surface area contributed by atoms with E-state index in [4.69, 9.17) is 10.5 Å². The third kappa shape index (κ3) is 2.81. The molecule has 2 atom stereocenters. The van der Waals surface area contributed by atoms with Gasteiger partial charge in [0.05, 0.1) is 12.2 Å². The van der Waals surface area contributed by atoms with E-state index >= 15 is 0 Å². The van der Waals surface area contributed by atoms with Gasteiger partial charge in [0.2, 0.25) is 5.88 Å². The maximum Gasteiger partial charge on any atom is 0.221 e. The van der Waals surface area contributed by atoms with Gasteiger partial charge < -0.3 is 15.4 Å². The van der Waals surface area contributed by atoms with Crippen LogP contribution in [0.15, 0.2) is 6.33 Å². The van der Waals surface area contributed by atoms with Crippen molar-refractivity contribution >= 4 is 5.82 Å². The molecule has 0 radical (unpaired) electrons. The number of hydrogen-bond acceptors (Lipinski definition) is 5. The molecule has 0 aromatic carbocycles. The molecule has 1 fully saturated rings. The van der Waals surface area contributed by atoms with E-state index in [0.717, 1.165) is 17.9 Å². The second-order valence-corrected chi connectivity index (χ2v) is 5.17. The topological polar surface area (TPSA) is 64.3 Å². The van der Waals surface area contributed by atoms with E-state index in [1.54, 1.807) is 6.33 Å². The minimum absolute atomic E-state index is 0.480. The Morgan fingerprint density at radius 1 is 1.42 bits per heavy atom. The van der Waals surface area contributed by atoms with Crippen LogP contribution in [0.4, 0.5) is 5.82 Å². The Balaban J connectivity index is 2.23. The Kier molecular flexibility index (Phi) is 4.58. The zero-order valence-electron chi connectivity index (χ0n) is 12.1. The molecule has 1 heterocycles. The van der Waals surface area contributed by atoms with Crippen LogP contribution in [0.3, 0.4) is 0 Å². The molecule has 5 heteroatoms. The van der Waals surface area contributed by atoms with Crippen LogP contribution >= 0.6 is 0 Å². The van der Waals surface area contributed by atoms with Crippen molar-refractivity contribution in [1.29, 1.82) is 0 Å². The fraction of sp³-hybridized carbons (Fsp3) is 0.714. The van der Waals surface area contributed by atoms with E-state index in [0.29, 0.717) is 24.4 Å². The molecule has 5 nitrogen and oxygen atoms in total. The molecule has 0 spiro atoms. The third-order valence-corrected chi connectivity index (χ3v) is 4.05. The summed E-state index contributed by atoms with van der Waals surface area (Å²) in [7, 11) is 2.10. The highest BCUT2D eigenvalue weighted by atomic mass is 16.5. The first-order valence-electron chi connectivity index (χ1n) is 7.06. The van der Waals surface area contributed by atoms with Crippen molar-refractivity contribution < 1.29 is 4.74 Å². The summed E-state index contributed by atoms with van der Waals surface area (Å²) >= 11 is 0. The number of nitrogens with zero attached hydrogens (tertiary/aromatic N) is 3.